The Morgan fingerprint density at radius 1 is 1.17 bits per heavy atom. The van der Waals surface area contributed by atoms with Crippen molar-refractivity contribution in [1.29, 1.82) is 0 Å². The van der Waals surface area contributed by atoms with E-state index in [2.05, 4.69) is 6.92 Å². The van der Waals surface area contributed by atoms with Gasteiger partial charge in [0.2, 0.25) is 5.91 Å². The fraction of sp³-hybridized carbons (Fsp3) is 0.556. The third-order valence-corrected chi connectivity index (χ3v) is 4.60. The van der Waals surface area contributed by atoms with E-state index >= 15 is 0 Å². The van der Waals surface area contributed by atoms with E-state index in [1.165, 1.54) is 0 Å². The summed E-state index contributed by atoms with van der Waals surface area (Å²) in [6.45, 7) is 3.96. The summed E-state index contributed by atoms with van der Waals surface area (Å²) in [5.41, 5.74) is 0.579. The molecule has 1 saturated heterocycles. The number of ketones is 1. The minimum absolute atomic E-state index is 0.0254. The van der Waals surface area contributed by atoms with Crippen molar-refractivity contribution in [3.8, 4) is 11.5 Å². The van der Waals surface area contributed by atoms with Gasteiger partial charge >= 0.3 is 0 Å². The second-order valence-corrected chi connectivity index (χ2v) is 6.07. The number of benzene rings is 1. The zero-order valence-corrected chi connectivity index (χ0v) is 13.5. The molecular formula is C18H23NO4. The van der Waals surface area contributed by atoms with Gasteiger partial charge in [-0.15, -0.1) is 0 Å². The topological polar surface area (TPSA) is 55.8 Å². The van der Waals surface area contributed by atoms with Gasteiger partial charge in [0.05, 0.1) is 0 Å². The Morgan fingerprint density at radius 3 is 2.74 bits per heavy atom. The number of carbonyl (C=O) groups is 2. The highest BCUT2D eigenvalue weighted by Gasteiger charge is 2.27. The minimum atomic E-state index is -0.0254. The van der Waals surface area contributed by atoms with Crippen molar-refractivity contribution < 1.29 is 19.1 Å². The number of fused-ring (bicyclic) bond motifs is 1. The van der Waals surface area contributed by atoms with Crippen LogP contribution in [-0.4, -0.2) is 42.4 Å². The van der Waals surface area contributed by atoms with Crippen molar-refractivity contribution in [2.45, 2.75) is 45.1 Å². The van der Waals surface area contributed by atoms with Crippen LogP contribution >= 0.6 is 0 Å². The van der Waals surface area contributed by atoms with E-state index in [0.717, 1.165) is 25.8 Å². The van der Waals surface area contributed by atoms with Crippen LogP contribution in [0.25, 0.3) is 0 Å². The number of hydrogen-bond acceptors (Lipinski definition) is 4. The number of Topliss-reactive ketones (excluding diaryl/α,β-unsaturated/α-hetero) is 1. The first-order valence-corrected chi connectivity index (χ1v) is 8.41. The lowest BCUT2D eigenvalue weighted by molar-refractivity contribution is -0.132. The molecule has 23 heavy (non-hydrogen) atoms. The molecule has 0 N–H and O–H groups in total. The lowest BCUT2D eigenvalue weighted by Gasteiger charge is -2.23. The van der Waals surface area contributed by atoms with Crippen LogP contribution < -0.4 is 9.47 Å². The molecule has 2 aliphatic rings. The van der Waals surface area contributed by atoms with Crippen LogP contribution in [0.5, 0.6) is 11.5 Å². The van der Waals surface area contributed by atoms with E-state index in [1.54, 1.807) is 18.2 Å². The van der Waals surface area contributed by atoms with Crippen LogP contribution in [0.2, 0.25) is 0 Å². The summed E-state index contributed by atoms with van der Waals surface area (Å²) in [5.74, 6) is 1.36. The zero-order chi connectivity index (χ0) is 16.2. The maximum absolute atomic E-state index is 12.3. The van der Waals surface area contributed by atoms with Crippen molar-refractivity contribution >= 4 is 11.7 Å². The Balaban J connectivity index is 1.58. The standard InChI is InChI=1S/C18H23NO4/c1-2-14-4-3-9-19(14)18(21)8-6-15(20)13-5-7-16-17(12-13)23-11-10-22-16/h5,7,12,14H,2-4,6,8-11H2,1H3. The molecule has 1 unspecified atom stereocenters. The summed E-state index contributed by atoms with van der Waals surface area (Å²) in [7, 11) is 0. The maximum Gasteiger partial charge on any atom is 0.223 e. The highest BCUT2D eigenvalue weighted by atomic mass is 16.6. The Kier molecular flexibility index (Phi) is 4.84. The molecule has 1 amide bonds. The quantitative estimate of drug-likeness (QED) is 0.784. The number of nitrogens with zero attached hydrogens (tertiary/aromatic N) is 1. The number of ether oxygens (including phenoxy) is 2. The third-order valence-electron chi connectivity index (χ3n) is 4.60. The molecule has 0 saturated carbocycles. The van der Waals surface area contributed by atoms with Crippen molar-refractivity contribution in [3.05, 3.63) is 23.8 Å². The SMILES string of the molecule is CCC1CCCN1C(=O)CCC(=O)c1ccc2c(c1)OCCO2. The Morgan fingerprint density at radius 2 is 1.96 bits per heavy atom. The summed E-state index contributed by atoms with van der Waals surface area (Å²) < 4.78 is 10.9. The molecule has 5 heteroatoms. The van der Waals surface area contributed by atoms with Crippen LogP contribution in [-0.2, 0) is 4.79 Å². The van der Waals surface area contributed by atoms with Crippen molar-refractivity contribution in [1.82, 2.24) is 4.90 Å². The first-order valence-electron chi connectivity index (χ1n) is 8.41. The number of amides is 1. The number of likely N-dealkylation sites (tertiary alicyclic amines) is 1. The summed E-state index contributed by atoms with van der Waals surface area (Å²) >= 11 is 0. The molecule has 0 aromatic heterocycles. The van der Waals surface area contributed by atoms with E-state index < -0.39 is 0 Å². The average Bonchev–Trinajstić information content (AvgIpc) is 3.07. The van der Waals surface area contributed by atoms with E-state index in [-0.39, 0.29) is 24.5 Å². The average molecular weight is 317 g/mol. The largest absolute Gasteiger partial charge is 0.486 e. The molecule has 1 aromatic carbocycles. The molecular weight excluding hydrogens is 294 g/mol. The molecule has 5 nitrogen and oxygen atoms in total. The molecule has 2 heterocycles. The van der Waals surface area contributed by atoms with Crippen LogP contribution in [0.1, 0.15) is 49.4 Å². The molecule has 1 aromatic rings. The highest BCUT2D eigenvalue weighted by Crippen LogP contribution is 2.31. The zero-order valence-electron chi connectivity index (χ0n) is 13.5. The molecule has 0 bridgehead atoms. The van der Waals surface area contributed by atoms with Crippen LogP contribution in [0.4, 0.5) is 0 Å². The lowest BCUT2D eigenvalue weighted by Crippen LogP contribution is -2.35. The molecule has 0 spiro atoms. The molecule has 0 radical (unpaired) electrons. The maximum atomic E-state index is 12.3. The summed E-state index contributed by atoms with van der Waals surface area (Å²) in [5, 5.41) is 0. The van der Waals surface area contributed by atoms with Gasteiger partial charge in [-0.05, 0) is 37.5 Å². The summed E-state index contributed by atoms with van der Waals surface area (Å²) in [6.07, 6.45) is 3.66. The van der Waals surface area contributed by atoms with Gasteiger partial charge < -0.3 is 14.4 Å². The van der Waals surface area contributed by atoms with Gasteiger partial charge in [-0.25, -0.2) is 0 Å². The van der Waals surface area contributed by atoms with Crippen LogP contribution in [0.15, 0.2) is 18.2 Å². The Labute approximate surface area is 136 Å². The highest BCUT2D eigenvalue weighted by molar-refractivity contribution is 5.98. The lowest BCUT2D eigenvalue weighted by atomic mass is 10.0. The van der Waals surface area contributed by atoms with E-state index in [9.17, 15) is 9.59 Å². The van der Waals surface area contributed by atoms with Crippen LogP contribution in [0, 0.1) is 0 Å². The van der Waals surface area contributed by atoms with Crippen LogP contribution in [0.3, 0.4) is 0 Å². The second-order valence-electron chi connectivity index (χ2n) is 6.07. The fourth-order valence-electron chi connectivity index (χ4n) is 3.31. The van der Waals surface area contributed by atoms with Gasteiger partial charge in [0.25, 0.3) is 0 Å². The fourth-order valence-corrected chi connectivity index (χ4v) is 3.31. The van der Waals surface area contributed by atoms with Crippen molar-refractivity contribution in [2.24, 2.45) is 0 Å². The third kappa shape index (κ3) is 3.49. The molecule has 124 valence electrons. The van der Waals surface area contributed by atoms with E-state index in [4.69, 9.17) is 9.47 Å². The monoisotopic (exact) mass is 317 g/mol. The number of hydrogen-bond donors (Lipinski definition) is 0. The molecule has 2 aliphatic heterocycles. The molecule has 1 fully saturated rings. The molecule has 0 aliphatic carbocycles. The van der Waals surface area contributed by atoms with Gasteiger partial charge in [0.1, 0.15) is 13.2 Å². The van der Waals surface area contributed by atoms with Gasteiger partial charge in [-0.3, -0.25) is 9.59 Å². The normalized spacial score (nSPS) is 19.7. The Hall–Kier alpha value is -2.04. The first kappa shape index (κ1) is 15.8. The first-order chi connectivity index (χ1) is 11.2. The number of carbonyl (C=O) groups excluding carboxylic acids is 2. The smallest absolute Gasteiger partial charge is 0.223 e. The van der Waals surface area contributed by atoms with Gasteiger partial charge in [-0.1, -0.05) is 6.92 Å². The van der Waals surface area contributed by atoms with Gasteiger partial charge in [-0.2, -0.15) is 0 Å². The predicted molar refractivity (Wildman–Crippen MR) is 86.0 cm³/mol. The number of rotatable bonds is 5. The molecule has 3 rings (SSSR count). The van der Waals surface area contributed by atoms with Crippen molar-refractivity contribution in [3.63, 3.8) is 0 Å². The summed E-state index contributed by atoms with van der Waals surface area (Å²) in [4.78, 5) is 26.6. The Bertz CT molecular complexity index is 599. The minimum Gasteiger partial charge on any atom is -0.486 e. The predicted octanol–water partition coefficient (Wildman–Crippen LogP) is 2.82. The second kappa shape index (κ2) is 7.02. The summed E-state index contributed by atoms with van der Waals surface area (Å²) in [6, 6.07) is 5.57. The van der Waals surface area contributed by atoms with Gasteiger partial charge in [0, 0.05) is 31.0 Å². The van der Waals surface area contributed by atoms with Crippen molar-refractivity contribution in [2.75, 3.05) is 19.8 Å². The molecule has 1 atom stereocenters. The van der Waals surface area contributed by atoms with E-state index in [0.29, 0.717) is 36.3 Å². The van der Waals surface area contributed by atoms with Gasteiger partial charge in [0.15, 0.2) is 17.3 Å². The van der Waals surface area contributed by atoms with E-state index in [1.807, 2.05) is 4.90 Å².